The molecular formula is C36H46O5. The van der Waals surface area contributed by atoms with Crippen molar-refractivity contribution in [2.75, 3.05) is 0 Å². The van der Waals surface area contributed by atoms with Gasteiger partial charge in [0, 0.05) is 18.3 Å². The van der Waals surface area contributed by atoms with E-state index in [9.17, 15) is 14.4 Å². The van der Waals surface area contributed by atoms with Crippen LogP contribution in [0.2, 0.25) is 0 Å². The number of benzene rings is 2. The van der Waals surface area contributed by atoms with Gasteiger partial charge in [-0.2, -0.15) is 0 Å². The summed E-state index contributed by atoms with van der Waals surface area (Å²) < 4.78 is 5.80. The number of carbonyl (C=O) groups excluding carboxylic acids is 2. The number of Topliss-reactive ketones (excluding diaryl/α,β-unsaturated/α-hetero) is 1. The molecule has 0 saturated heterocycles. The molecule has 0 unspecified atom stereocenters. The molecule has 3 aliphatic rings. The van der Waals surface area contributed by atoms with E-state index in [2.05, 4.69) is 19.1 Å². The number of hydrogen-bond acceptors (Lipinski definition) is 4. The second-order valence-corrected chi connectivity index (χ2v) is 13.0. The van der Waals surface area contributed by atoms with Crippen molar-refractivity contribution in [1.82, 2.24) is 0 Å². The highest BCUT2D eigenvalue weighted by molar-refractivity contribution is 5.91. The second-order valence-electron chi connectivity index (χ2n) is 13.0. The highest BCUT2D eigenvalue weighted by atomic mass is 16.5. The number of unbranched alkanes of at least 4 members (excludes halogenated alkanes) is 7. The number of hydrogen-bond donors (Lipinski definition) is 1. The first-order chi connectivity index (χ1) is 19.9. The van der Waals surface area contributed by atoms with Crippen molar-refractivity contribution < 1.29 is 24.2 Å². The lowest BCUT2D eigenvalue weighted by Gasteiger charge is -2.51. The number of ketones is 1. The summed E-state index contributed by atoms with van der Waals surface area (Å²) in [5, 5.41) is 8.78. The SMILES string of the molecule is C[C@]12CC[C@@H]3c4ccc(OC(=O)c5ccccc5)cc4C[C@@H](CCCCCCCCCCC(=O)O)[C@H]3[C@@H]1CCC2=O. The summed E-state index contributed by atoms with van der Waals surface area (Å²) >= 11 is 0. The first kappa shape index (κ1) is 29.5. The number of carbonyl (C=O) groups is 3. The Hall–Kier alpha value is -2.95. The largest absolute Gasteiger partial charge is 0.481 e. The molecular weight excluding hydrogens is 512 g/mol. The van der Waals surface area contributed by atoms with Crippen molar-refractivity contribution in [1.29, 1.82) is 0 Å². The van der Waals surface area contributed by atoms with E-state index in [1.54, 1.807) is 12.1 Å². The monoisotopic (exact) mass is 558 g/mol. The van der Waals surface area contributed by atoms with Gasteiger partial charge in [-0.25, -0.2) is 4.79 Å². The van der Waals surface area contributed by atoms with Gasteiger partial charge in [-0.1, -0.05) is 76.1 Å². The smallest absolute Gasteiger partial charge is 0.343 e. The third-order valence-electron chi connectivity index (χ3n) is 10.5. The van der Waals surface area contributed by atoms with Crippen molar-refractivity contribution in [2.24, 2.45) is 23.2 Å². The molecule has 0 heterocycles. The Bertz CT molecular complexity index is 1220. The standard InChI is InChI=1S/C36H46O5/c1-36-22-21-30-29-18-17-28(41-35(40)25-13-10-8-11-14-25)24-27(29)23-26(34(30)31(36)19-20-32(36)37)15-9-6-4-2-3-5-7-12-16-33(38)39/h8,10-11,13-14,17-18,24,26,30-31,34H,2-7,9,12,15-16,19-23H2,1H3,(H,38,39)/t26-,30-,31+,34-,36+/m1/s1. The Balaban J connectivity index is 1.23. The third-order valence-corrected chi connectivity index (χ3v) is 10.5. The topological polar surface area (TPSA) is 80.7 Å². The van der Waals surface area contributed by atoms with Crippen molar-refractivity contribution in [3.05, 3.63) is 65.2 Å². The number of esters is 1. The van der Waals surface area contributed by atoms with E-state index in [0.29, 0.717) is 40.8 Å². The minimum absolute atomic E-state index is 0.150. The molecule has 0 amide bonds. The highest BCUT2D eigenvalue weighted by Gasteiger charge is 2.56. The molecule has 2 aromatic carbocycles. The Labute approximate surface area is 245 Å². The maximum absolute atomic E-state index is 13.0. The van der Waals surface area contributed by atoms with E-state index in [4.69, 9.17) is 9.84 Å². The summed E-state index contributed by atoms with van der Waals surface area (Å²) in [5.74, 6) is 2.16. The Kier molecular flexibility index (Phi) is 9.62. The fraction of sp³-hybridized carbons (Fsp3) is 0.583. The van der Waals surface area contributed by atoms with Crippen LogP contribution in [0.25, 0.3) is 0 Å². The van der Waals surface area contributed by atoms with E-state index in [0.717, 1.165) is 51.4 Å². The molecule has 2 aromatic rings. The van der Waals surface area contributed by atoms with Gasteiger partial charge in [0.1, 0.15) is 11.5 Å². The molecule has 2 saturated carbocycles. The molecule has 1 N–H and O–H groups in total. The predicted molar refractivity (Wildman–Crippen MR) is 160 cm³/mol. The molecule has 5 rings (SSSR count). The number of ether oxygens (including phenoxy) is 1. The van der Waals surface area contributed by atoms with E-state index in [1.165, 1.54) is 49.7 Å². The van der Waals surface area contributed by atoms with Gasteiger partial charge in [-0.15, -0.1) is 0 Å². The highest BCUT2D eigenvalue weighted by Crippen LogP contribution is 2.61. The fourth-order valence-electron chi connectivity index (χ4n) is 8.37. The van der Waals surface area contributed by atoms with Crippen LogP contribution in [0.1, 0.15) is 124 Å². The summed E-state index contributed by atoms with van der Waals surface area (Å²) in [6, 6.07) is 15.4. The molecule has 0 bridgehead atoms. The zero-order valence-electron chi connectivity index (χ0n) is 24.6. The number of rotatable bonds is 13. The van der Waals surface area contributed by atoms with Gasteiger partial charge in [-0.05, 0) is 97.6 Å². The molecule has 5 atom stereocenters. The average Bonchev–Trinajstić information content (AvgIpc) is 3.27. The van der Waals surface area contributed by atoms with Crippen molar-refractivity contribution in [2.45, 2.75) is 109 Å². The number of carboxylic acid groups (broad SMARTS) is 1. The molecule has 0 aliphatic heterocycles. The first-order valence-corrected chi connectivity index (χ1v) is 16.0. The molecule has 220 valence electrons. The molecule has 3 aliphatic carbocycles. The van der Waals surface area contributed by atoms with Crippen molar-refractivity contribution in [3.8, 4) is 5.75 Å². The lowest BCUT2D eigenvalue weighted by molar-refractivity contribution is -0.137. The van der Waals surface area contributed by atoms with E-state index in [1.807, 2.05) is 24.3 Å². The van der Waals surface area contributed by atoms with Gasteiger partial charge < -0.3 is 9.84 Å². The molecule has 5 heteroatoms. The van der Waals surface area contributed by atoms with Gasteiger partial charge in [0.05, 0.1) is 5.56 Å². The average molecular weight is 559 g/mol. The van der Waals surface area contributed by atoms with Crippen LogP contribution in [-0.2, 0) is 16.0 Å². The first-order valence-electron chi connectivity index (χ1n) is 16.0. The van der Waals surface area contributed by atoms with E-state index >= 15 is 0 Å². The lowest BCUT2D eigenvalue weighted by atomic mass is 9.52. The van der Waals surface area contributed by atoms with Crippen LogP contribution in [0.4, 0.5) is 0 Å². The number of fused-ring (bicyclic) bond motifs is 5. The zero-order valence-corrected chi connectivity index (χ0v) is 24.6. The summed E-state index contributed by atoms with van der Waals surface area (Å²) in [4.78, 5) is 36.4. The van der Waals surface area contributed by atoms with Gasteiger partial charge in [0.2, 0.25) is 0 Å². The van der Waals surface area contributed by atoms with Crippen LogP contribution in [0.15, 0.2) is 48.5 Å². The second kappa shape index (κ2) is 13.4. The van der Waals surface area contributed by atoms with E-state index < -0.39 is 5.97 Å². The third kappa shape index (κ3) is 6.76. The van der Waals surface area contributed by atoms with Crippen molar-refractivity contribution >= 4 is 17.7 Å². The van der Waals surface area contributed by atoms with Crippen molar-refractivity contribution in [3.63, 3.8) is 0 Å². The van der Waals surface area contributed by atoms with Crippen LogP contribution < -0.4 is 4.74 Å². The van der Waals surface area contributed by atoms with Crippen LogP contribution in [0, 0.1) is 23.2 Å². The lowest BCUT2D eigenvalue weighted by Crippen LogP contribution is -2.46. The van der Waals surface area contributed by atoms with Gasteiger partial charge in [0.25, 0.3) is 0 Å². The predicted octanol–water partition coefficient (Wildman–Crippen LogP) is 8.54. The summed E-state index contributed by atoms with van der Waals surface area (Å²) in [6.07, 6.45) is 15.3. The summed E-state index contributed by atoms with van der Waals surface area (Å²) in [6.45, 7) is 2.25. The minimum atomic E-state index is -0.692. The quantitative estimate of drug-likeness (QED) is 0.151. The molecule has 41 heavy (non-hydrogen) atoms. The Morgan fingerprint density at radius 1 is 0.927 bits per heavy atom. The van der Waals surface area contributed by atoms with Crippen LogP contribution in [0.3, 0.4) is 0 Å². The molecule has 5 nitrogen and oxygen atoms in total. The Morgan fingerprint density at radius 3 is 2.37 bits per heavy atom. The minimum Gasteiger partial charge on any atom is -0.481 e. The maximum Gasteiger partial charge on any atom is 0.343 e. The fourth-order valence-corrected chi connectivity index (χ4v) is 8.37. The molecule has 2 fully saturated rings. The number of carboxylic acids is 1. The normalized spacial score (nSPS) is 26.6. The van der Waals surface area contributed by atoms with Crippen LogP contribution in [0.5, 0.6) is 5.75 Å². The maximum atomic E-state index is 13.0. The van der Waals surface area contributed by atoms with Gasteiger partial charge in [0.15, 0.2) is 0 Å². The Morgan fingerprint density at radius 2 is 1.63 bits per heavy atom. The van der Waals surface area contributed by atoms with Gasteiger partial charge in [-0.3, -0.25) is 9.59 Å². The molecule has 0 spiro atoms. The van der Waals surface area contributed by atoms with Gasteiger partial charge >= 0.3 is 11.9 Å². The molecule has 0 radical (unpaired) electrons. The summed E-state index contributed by atoms with van der Waals surface area (Å²) in [7, 11) is 0. The molecule has 0 aromatic heterocycles. The summed E-state index contributed by atoms with van der Waals surface area (Å²) in [5.41, 5.74) is 3.14. The van der Waals surface area contributed by atoms with E-state index in [-0.39, 0.29) is 17.8 Å². The van der Waals surface area contributed by atoms with Crippen LogP contribution in [-0.4, -0.2) is 22.8 Å². The number of aliphatic carboxylic acids is 1. The van der Waals surface area contributed by atoms with Crippen LogP contribution >= 0.6 is 0 Å². The zero-order chi connectivity index (χ0) is 28.8.